The largest absolute Gasteiger partial charge is 0.208 e. The van der Waals surface area contributed by atoms with Crippen LogP contribution in [-0.4, -0.2) is 15.0 Å². The Bertz CT molecular complexity index is 3280. The van der Waals surface area contributed by atoms with E-state index in [9.17, 15) is 0 Å². The van der Waals surface area contributed by atoms with E-state index in [1.807, 2.05) is 36.4 Å². The molecule has 0 bridgehead atoms. The molecule has 286 valence electrons. The maximum absolute atomic E-state index is 5.15. The summed E-state index contributed by atoms with van der Waals surface area (Å²) in [5.41, 5.74) is 14.7. The number of fused-ring (bicyclic) bond motifs is 3. The van der Waals surface area contributed by atoms with Gasteiger partial charge in [0.25, 0.3) is 0 Å². The van der Waals surface area contributed by atoms with Crippen LogP contribution < -0.4 is 0 Å². The van der Waals surface area contributed by atoms with Crippen molar-refractivity contribution >= 4 is 31.5 Å². The highest BCUT2D eigenvalue weighted by atomic mass is 32.1. The van der Waals surface area contributed by atoms with Gasteiger partial charge in [0.2, 0.25) is 0 Å². The number of aromatic nitrogens is 3. The molecule has 11 aromatic rings. The second-order valence-corrected chi connectivity index (χ2v) is 16.3. The van der Waals surface area contributed by atoms with Crippen LogP contribution in [-0.2, 0) is 0 Å². The first-order valence-electron chi connectivity index (χ1n) is 20.5. The van der Waals surface area contributed by atoms with Crippen molar-refractivity contribution in [2.75, 3.05) is 0 Å². The lowest BCUT2D eigenvalue weighted by Gasteiger charge is -2.15. The van der Waals surface area contributed by atoms with E-state index in [1.54, 1.807) is 11.3 Å². The highest BCUT2D eigenvalue weighted by Crippen LogP contribution is 2.43. The first-order valence-corrected chi connectivity index (χ1v) is 21.3. The molecule has 9 aromatic carbocycles. The maximum Gasteiger partial charge on any atom is 0.164 e. The molecule has 2 heterocycles. The minimum atomic E-state index is 0.651. The van der Waals surface area contributed by atoms with Crippen LogP contribution >= 0.6 is 11.3 Å². The molecule has 0 saturated heterocycles. The summed E-state index contributed by atoms with van der Waals surface area (Å²) in [6.07, 6.45) is 0. The maximum atomic E-state index is 5.15. The third-order valence-corrected chi connectivity index (χ3v) is 12.5. The monoisotopic (exact) mass is 795 g/mol. The van der Waals surface area contributed by atoms with Crippen molar-refractivity contribution in [3.63, 3.8) is 0 Å². The zero-order chi connectivity index (χ0) is 40.5. The lowest BCUT2D eigenvalue weighted by Crippen LogP contribution is -2.00. The Morgan fingerprint density at radius 3 is 1.30 bits per heavy atom. The van der Waals surface area contributed by atoms with Crippen molar-refractivity contribution in [1.82, 2.24) is 15.0 Å². The quantitative estimate of drug-likeness (QED) is 0.154. The van der Waals surface area contributed by atoms with Crippen LogP contribution in [0.1, 0.15) is 0 Å². The molecule has 0 radical (unpaired) electrons. The van der Waals surface area contributed by atoms with Gasteiger partial charge in [0.15, 0.2) is 17.5 Å². The summed E-state index contributed by atoms with van der Waals surface area (Å²) < 4.78 is 2.41. The van der Waals surface area contributed by atoms with Crippen LogP contribution in [0, 0.1) is 0 Å². The van der Waals surface area contributed by atoms with E-state index in [0.29, 0.717) is 17.5 Å². The van der Waals surface area contributed by atoms with Gasteiger partial charge in [0.1, 0.15) is 0 Å². The SMILES string of the molecule is c1ccc(-c2cccc(-c3cc(-c4ccc5sc6cccc(-c7nc(-c8ccccc8)nc(-c8ccccc8)n7)c6c5c4)cc(-c4ccccc4-c4ccccc4)c3)c2)cc1. The van der Waals surface area contributed by atoms with E-state index in [0.717, 1.165) is 38.8 Å². The van der Waals surface area contributed by atoms with Gasteiger partial charge in [-0.2, -0.15) is 0 Å². The van der Waals surface area contributed by atoms with Crippen LogP contribution in [0.4, 0.5) is 0 Å². The lowest BCUT2D eigenvalue weighted by atomic mass is 9.89. The van der Waals surface area contributed by atoms with Crippen molar-refractivity contribution in [2.24, 2.45) is 0 Å². The Morgan fingerprint density at radius 2 is 0.672 bits per heavy atom. The Hall–Kier alpha value is -7.79. The molecule has 3 nitrogen and oxygen atoms in total. The minimum absolute atomic E-state index is 0.651. The highest BCUT2D eigenvalue weighted by molar-refractivity contribution is 7.26. The molecule has 0 aliphatic rings. The van der Waals surface area contributed by atoms with Crippen LogP contribution in [0.25, 0.3) is 110 Å². The minimum Gasteiger partial charge on any atom is -0.208 e. The molecule has 0 unspecified atom stereocenters. The number of hydrogen-bond acceptors (Lipinski definition) is 4. The van der Waals surface area contributed by atoms with Gasteiger partial charge in [0.05, 0.1) is 0 Å². The molecule has 0 spiro atoms. The lowest BCUT2D eigenvalue weighted by molar-refractivity contribution is 1.08. The molecule has 0 fully saturated rings. The normalized spacial score (nSPS) is 11.3. The van der Waals surface area contributed by atoms with Gasteiger partial charge in [-0.1, -0.05) is 182 Å². The van der Waals surface area contributed by atoms with Crippen molar-refractivity contribution in [2.45, 2.75) is 0 Å². The molecule has 0 N–H and O–H groups in total. The fourth-order valence-electron chi connectivity index (χ4n) is 8.35. The van der Waals surface area contributed by atoms with Crippen LogP contribution in [0.5, 0.6) is 0 Å². The molecule has 2 aromatic heterocycles. The predicted octanol–water partition coefficient (Wildman–Crippen LogP) is 15.6. The summed E-state index contributed by atoms with van der Waals surface area (Å²) in [5.74, 6) is 1.96. The average molecular weight is 796 g/mol. The van der Waals surface area contributed by atoms with E-state index >= 15 is 0 Å². The Morgan fingerprint density at radius 1 is 0.246 bits per heavy atom. The summed E-state index contributed by atoms with van der Waals surface area (Å²) in [7, 11) is 0. The summed E-state index contributed by atoms with van der Waals surface area (Å²) >= 11 is 1.80. The molecular formula is C57H37N3S. The molecule has 61 heavy (non-hydrogen) atoms. The first kappa shape index (κ1) is 36.3. The highest BCUT2D eigenvalue weighted by Gasteiger charge is 2.18. The molecule has 0 amide bonds. The second-order valence-electron chi connectivity index (χ2n) is 15.2. The number of nitrogens with zero attached hydrogens (tertiary/aromatic N) is 3. The second kappa shape index (κ2) is 15.8. The van der Waals surface area contributed by atoms with Gasteiger partial charge in [-0.15, -0.1) is 11.3 Å². The topological polar surface area (TPSA) is 38.7 Å². The van der Waals surface area contributed by atoms with Crippen LogP contribution in [0.3, 0.4) is 0 Å². The zero-order valence-electron chi connectivity index (χ0n) is 33.1. The number of benzene rings is 9. The fourth-order valence-corrected chi connectivity index (χ4v) is 9.46. The van der Waals surface area contributed by atoms with Crippen molar-refractivity contribution in [3.05, 3.63) is 224 Å². The van der Waals surface area contributed by atoms with E-state index in [4.69, 9.17) is 15.0 Å². The number of thiophene rings is 1. The molecule has 4 heteroatoms. The molecule has 0 aliphatic heterocycles. The average Bonchev–Trinajstić information content (AvgIpc) is 3.73. The molecule has 0 saturated carbocycles. The smallest absolute Gasteiger partial charge is 0.164 e. The summed E-state index contributed by atoms with van der Waals surface area (Å²) in [6.45, 7) is 0. The molecule has 11 rings (SSSR count). The summed E-state index contributed by atoms with van der Waals surface area (Å²) in [6, 6.07) is 79.7. The van der Waals surface area contributed by atoms with Gasteiger partial charge >= 0.3 is 0 Å². The third kappa shape index (κ3) is 7.09. The van der Waals surface area contributed by atoms with Crippen molar-refractivity contribution < 1.29 is 0 Å². The zero-order valence-corrected chi connectivity index (χ0v) is 33.9. The first-order chi connectivity index (χ1) is 30.2. The van der Waals surface area contributed by atoms with Gasteiger partial charge in [0, 0.05) is 36.9 Å². The van der Waals surface area contributed by atoms with E-state index in [2.05, 4.69) is 188 Å². The van der Waals surface area contributed by atoms with Gasteiger partial charge in [-0.05, 0) is 98.1 Å². The predicted molar refractivity (Wildman–Crippen MR) is 256 cm³/mol. The van der Waals surface area contributed by atoms with Gasteiger partial charge in [-0.25, -0.2) is 15.0 Å². The van der Waals surface area contributed by atoms with Crippen LogP contribution in [0.2, 0.25) is 0 Å². The molecule has 0 atom stereocenters. The van der Waals surface area contributed by atoms with Gasteiger partial charge in [-0.3, -0.25) is 0 Å². The molecular weight excluding hydrogens is 759 g/mol. The van der Waals surface area contributed by atoms with Crippen molar-refractivity contribution in [3.8, 4) is 89.8 Å². The van der Waals surface area contributed by atoms with Crippen molar-refractivity contribution in [1.29, 1.82) is 0 Å². The Kier molecular flexibility index (Phi) is 9.38. The number of hydrogen-bond donors (Lipinski definition) is 0. The Labute approximate surface area is 359 Å². The summed E-state index contributed by atoms with van der Waals surface area (Å²) in [4.78, 5) is 15.3. The third-order valence-electron chi connectivity index (χ3n) is 11.3. The number of rotatable bonds is 8. The Balaban J connectivity index is 1.11. The van der Waals surface area contributed by atoms with E-state index in [1.165, 1.54) is 53.7 Å². The standard InChI is InChI=1S/C57H37N3S/c1-5-17-38(18-6-1)42-25-15-26-43(33-42)45-34-46(36-47(35-45)49-28-14-13-27-48(49)39-19-7-2-8-20-39)44-31-32-52-51(37-44)54-50(29-16-30-53(54)61-52)57-59-55(40-21-9-3-10-22-40)58-56(60-57)41-23-11-4-12-24-41/h1-37H. The van der Waals surface area contributed by atoms with Gasteiger partial charge < -0.3 is 0 Å². The van der Waals surface area contributed by atoms with Crippen LogP contribution in [0.15, 0.2) is 224 Å². The van der Waals surface area contributed by atoms with E-state index < -0.39 is 0 Å². The fraction of sp³-hybridized carbons (Fsp3) is 0. The van der Waals surface area contributed by atoms with E-state index in [-0.39, 0.29) is 0 Å². The summed E-state index contributed by atoms with van der Waals surface area (Å²) in [5, 5.41) is 2.33. The molecule has 0 aliphatic carbocycles.